The number of aromatic nitrogens is 6. The van der Waals surface area contributed by atoms with Crippen molar-refractivity contribution in [1.29, 1.82) is 0 Å². The predicted molar refractivity (Wildman–Crippen MR) is 102 cm³/mol. The summed E-state index contributed by atoms with van der Waals surface area (Å²) in [6, 6.07) is 14.6. The lowest BCUT2D eigenvalue weighted by Gasteiger charge is -2.25. The van der Waals surface area contributed by atoms with Gasteiger partial charge in [0.15, 0.2) is 5.65 Å². The molecule has 27 heavy (non-hydrogen) atoms. The Kier molecular flexibility index (Phi) is 3.97. The van der Waals surface area contributed by atoms with Gasteiger partial charge in [-0.15, -0.1) is 10.2 Å². The Morgan fingerprint density at radius 1 is 1.00 bits per heavy atom. The van der Waals surface area contributed by atoms with E-state index in [-0.39, 0.29) is 6.04 Å². The average Bonchev–Trinajstić information content (AvgIpc) is 3.11. The van der Waals surface area contributed by atoms with Gasteiger partial charge in [0.2, 0.25) is 0 Å². The summed E-state index contributed by atoms with van der Waals surface area (Å²) in [5.74, 6) is 2.91. The lowest BCUT2D eigenvalue weighted by molar-refractivity contribution is 0.466. The van der Waals surface area contributed by atoms with Crippen molar-refractivity contribution >= 4 is 17.0 Å². The molecule has 1 aromatic carbocycles. The van der Waals surface area contributed by atoms with Crippen LogP contribution in [0.2, 0.25) is 0 Å². The van der Waals surface area contributed by atoms with Crippen molar-refractivity contribution in [3.63, 3.8) is 0 Å². The van der Waals surface area contributed by atoms with E-state index in [0.717, 1.165) is 48.8 Å². The van der Waals surface area contributed by atoms with Crippen molar-refractivity contribution < 1.29 is 0 Å². The SMILES string of the molecule is c1ccc(Cc2nnc3n2CC(Nc2ccc4nccnc4n2)CC3)cc1. The minimum Gasteiger partial charge on any atom is -0.365 e. The largest absolute Gasteiger partial charge is 0.365 e. The molecule has 3 aromatic heterocycles. The Balaban J connectivity index is 1.35. The normalized spacial score (nSPS) is 16.2. The summed E-state index contributed by atoms with van der Waals surface area (Å²) in [5.41, 5.74) is 2.71. The van der Waals surface area contributed by atoms with Gasteiger partial charge in [-0.3, -0.25) is 4.98 Å². The first-order valence-corrected chi connectivity index (χ1v) is 9.14. The second-order valence-corrected chi connectivity index (χ2v) is 6.78. The van der Waals surface area contributed by atoms with E-state index in [1.807, 2.05) is 18.2 Å². The van der Waals surface area contributed by atoms with E-state index in [4.69, 9.17) is 0 Å². The average molecular weight is 357 g/mol. The van der Waals surface area contributed by atoms with Crippen molar-refractivity contribution in [3.05, 3.63) is 72.1 Å². The fraction of sp³-hybridized carbons (Fsp3) is 0.250. The maximum absolute atomic E-state index is 4.58. The van der Waals surface area contributed by atoms with Crippen LogP contribution in [0.25, 0.3) is 11.2 Å². The van der Waals surface area contributed by atoms with Gasteiger partial charge in [-0.05, 0) is 24.1 Å². The smallest absolute Gasteiger partial charge is 0.180 e. The minimum atomic E-state index is 0.282. The molecule has 0 saturated heterocycles. The summed E-state index contributed by atoms with van der Waals surface area (Å²) >= 11 is 0. The molecule has 1 atom stereocenters. The molecule has 0 fully saturated rings. The molecule has 0 amide bonds. The second-order valence-electron chi connectivity index (χ2n) is 6.78. The summed E-state index contributed by atoms with van der Waals surface area (Å²) in [4.78, 5) is 13.1. The molecule has 1 N–H and O–H groups in total. The highest BCUT2D eigenvalue weighted by Gasteiger charge is 2.23. The van der Waals surface area contributed by atoms with Crippen molar-refractivity contribution in [2.45, 2.75) is 31.8 Å². The quantitative estimate of drug-likeness (QED) is 0.605. The van der Waals surface area contributed by atoms with Gasteiger partial charge >= 0.3 is 0 Å². The molecule has 0 saturated carbocycles. The number of benzene rings is 1. The topological polar surface area (TPSA) is 81.4 Å². The third-order valence-electron chi connectivity index (χ3n) is 4.91. The Bertz CT molecular complexity index is 1070. The second kappa shape index (κ2) is 6.75. The summed E-state index contributed by atoms with van der Waals surface area (Å²) in [7, 11) is 0. The summed E-state index contributed by atoms with van der Waals surface area (Å²) < 4.78 is 2.25. The maximum Gasteiger partial charge on any atom is 0.180 e. The number of fused-ring (bicyclic) bond motifs is 2. The van der Waals surface area contributed by atoms with Gasteiger partial charge in [-0.1, -0.05) is 30.3 Å². The van der Waals surface area contributed by atoms with E-state index in [1.165, 1.54) is 5.56 Å². The highest BCUT2D eigenvalue weighted by Crippen LogP contribution is 2.20. The zero-order chi connectivity index (χ0) is 18.1. The summed E-state index contributed by atoms with van der Waals surface area (Å²) in [6.07, 6.45) is 6.06. The predicted octanol–water partition coefficient (Wildman–Crippen LogP) is 2.63. The zero-order valence-electron chi connectivity index (χ0n) is 14.8. The molecule has 4 aromatic rings. The van der Waals surface area contributed by atoms with Gasteiger partial charge in [0, 0.05) is 37.8 Å². The number of pyridine rings is 1. The van der Waals surface area contributed by atoms with E-state index < -0.39 is 0 Å². The van der Waals surface area contributed by atoms with Crippen molar-refractivity contribution in [3.8, 4) is 0 Å². The number of hydrogen-bond acceptors (Lipinski definition) is 6. The monoisotopic (exact) mass is 357 g/mol. The molecular formula is C20H19N7. The van der Waals surface area contributed by atoms with Crippen LogP contribution in [-0.2, 0) is 19.4 Å². The Morgan fingerprint density at radius 3 is 2.81 bits per heavy atom. The lowest BCUT2D eigenvalue weighted by Crippen LogP contribution is -2.32. The Labute approximate surface area is 156 Å². The van der Waals surface area contributed by atoms with Gasteiger partial charge in [-0.25, -0.2) is 9.97 Å². The third kappa shape index (κ3) is 3.23. The summed E-state index contributed by atoms with van der Waals surface area (Å²) in [6.45, 7) is 0.838. The lowest BCUT2D eigenvalue weighted by atomic mass is 10.1. The fourth-order valence-electron chi connectivity index (χ4n) is 3.55. The van der Waals surface area contributed by atoms with Crippen LogP contribution in [0.15, 0.2) is 54.9 Å². The fourth-order valence-corrected chi connectivity index (χ4v) is 3.55. The van der Waals surface area contributed by atoms with E-state index in [1.54, 1.807) is 12.4 Å². The number of anilines is 1. The molecule has 0 bridgehead atoms. The van der Waals surface area contributed by atoms with Crippen LogP contribution in [0.1, 0.15) is 23.6 Å². The standard InChI is InChI=1S/C20H19N7/c1-2-4-14(5-3-1)12-19-26-25-18-9-6-15(13-27(18)19)23-17-8-7-16-20(24-17)22-11-10-21-16/h1-5,7-8,10-11,15H,6,9,12-13H2,(H,22,23,24). The van der Waals surface area contributed by atoms with Crippen LogP contribution < -0.4 is 5.32 Å². The Hall–Kier alpha value is -3.35. The molecule has 7 heteroatoms. The highest BCUT2D eigenvalue weighted by molar-refractivity contribution is 5.71. The number of nitrogens with one attached hydrogen (secondary N) is 1. The molecular weight excluding hydrogens is 338 g/mol. The highest BCUT2D eigenvalue weighted by atomic mass is 15.3. The first-order valence-electron chi connectivity index (χ1n) is 9.14. The molecule has 7 nitrogen and oxygen atoms in total. The van der Waals surface area contributed by atoms with Crippen LogP contribution in [0, 0.1) is 0 Å². The first-order chi connectivity index (χ1) is 13.3. The first kappa shape index (κ1) is 15.9. The van der Waals surface area contributed by atoms with E-state index in [2.05, 4.69) is 59.3 Å². The van der Waals surface area contributed by atoms with Gasteiger partial charge in [0.05, 0.1) is 0 Å². The van der Waals surface area contributed by atoms with Gasteiger partial charge in [0.1, 0.15) is 23.0 Å². The number of aryl methyl sites for hydroxylation is 1. The van der Waals surface area contributed by atoms with Gasteiger partial charge in [0.25, 0.3) is 0 Å². The van der Waals surface area contributed by atoms with Crippen LogP contribution in [0.4, 0.5) is 5.82 Å². The molecule has 0 aliphatic carbocycles. The molecule has 1 aliphatic rings. The maximum atomic E-state index is 4.58. The molecule has 1 unspecified atom stereocenters. The van der Waals surface area contributed by atoms with Crippen molar-refractivity contribution in [2.75, 3.05) is 5.32 Å². The number of rotatable bonds is 4. The minimum absolute atomic E-state index is 0.282. The molecule has 1 aliphatic heterocycles. The van der Waals surface area contributed by atoms with Crippen LogP contribution in [-0.4, -0.2) is 35.8 Å². The molecule has 134 valence electrons. The van der Waals surface area contributed by atoms with Crippen molar-refractivity contribution in [2.24, 2.45) is 0 Å². The van der Waals surface area contributed by atoms with E-state index >= 15 is 0 Å². The summed E-state index contributed by atoms with van der Waals surface area (Å²) in [5, 5.41) is 12.4. The van der Waals surface area contributed by atoms with Gasteiger partial charge < -0.3 is 9.88 Å². The molecule has 5 rings (SSSR count). The molecule has 4 heterocycles. The zero-order valence-corrected chi connectivity index (χ0v) is 14.8. The number of nitrogens with zero attached hydrogens (tertiary/aromatic N) is 6. The third-order valence-corrected chi connectivity index (χ3v) is 4.91. The Morgan fingerprint density at radius 2 is 1.89 bits per heavy atom. The molecule has 0 spiro atoms. The number of hydrogen-bond donors (Lipinski definition) is 1. The van der Waals surface area contributed by atoms with E-state index in [9.17, 15) is 0 Å². The van der Waals surface area contributed by atoms with Crippen molar-refractivity contribution in [1.82, 2.24) is 29.7 Å². The van der Waals surface area contributed by atoms with Gasteiger partial charge in [-0.2, -0.15) is 0 Å². The van der Waals surface area contributed by atoms with Crippen LogP contribution in [0.5, 0.6) is 0 Å². The van der Waals surface area contributed by atoms with E-state index in [0.29, 0.717) is 5.65 Å². The van der Waals surface area contributed by atoms with Crippen LogP contribution >= 0.6 is 0 Å². The van der Waals surface area contributed by atoms with Crippen LogP contribution in [0.3, 0.4) is 0 Å². The molecule has 0 radical (unpaired) electrons.